The van der Waals surface area contributed by atoms with E-state index in [9.17, 15) is 0 Å². The Labute approximate surface area is 93.1 Å². The van der Waals surface area contributed by atoms with Crippen molar-refractivity contribution in [2.75, 3.05) is 33.2 Å². The van der Waals surface area contributed by atoms with E-state index in [0.29, 0.717) is 17.9 Å². The molecule has 1 aliphatic rings. The van der Waals surface area contributed by atoms with E-state index in [0.717, 1.165) is 26.2 Å². The summed E-state index contributed by atoms with van der Waals surface area (Å²) in [6.45, 7) is 10.5. The zero-order chi connectivity index (χ0) is 11.4. The Bertz CT molecular complexity index is 225. The maximum Gasteiger partial charge on any atom is 0.191 e. The molecule has 0 bridgehead atoms. The van der Waals surface area contributed by atoms with Crippen molar-refractivity contribution in [3.8, 4) is 0 Å². The Balaban J connectivity index is 2.51. The molecule has 1 atom stereocenters. The summed E-state index contributed by atoms with van der Waals surface area (Å²) in [5.41, 5.74) is 5.99. The van der Waals surface area contributed by atoms with Crippen LogP contribution >= 0.6 is 0 Å². The molecule has 1 saturated heterocycles. The molecule has 0 saturated carbocycles. The number of hydrogen-bond donors (Lipinski definition) is 1. The third kappa shape index (κ3) is 3.70. The lowest BCUT2D eigenvalue weighted by Gasteiger charge is -2.38. The molecule has 0 spiro atoms. The third-order valence-electron chi connectivity index (χ3n) is 2.74. The van der Waals surface area contributed by atoms with Gasteiger partial charge in [0.25, 0.3) is 0 Å². The standard InChI is InChI=1S/C11H24N4/c1-9(2)7-13-11(12)15-6-5-14(4)8-10(15)3/h9-10H,5-8H2,1-4H3,(H2,12,13). The summed E-state index contributed by atoms with van der Waals surface area (Å²) < 4.78 is 0. The van der Waals surface area contributed by atoms with Gasteiger partial charge in [-0.2, -0.15) is 0 Å². The molecule has 0 aliphatic carbocycles. The maximum atomic E-state index is 5.99. The van der Waals surface area contributed by atoms with E-state index in [4.69, 9.17) is 5.73 Å². The normalized spacial score (nSPS) is 25.0. The van der Waals surface area contributed by atoms with Gasteiger partial charge in [-0.15, -0.1) is 0 Å². The van der Waals surface area contributed by atoms with Gasteiger partial charge in [-0.3, -0.25) is 4.99 Å². The van der Waals surface area contributed by atoms with Crippen molar-refractivity contribution < 1.29 is 0 Å². The Morgan fingerprint density at radius 3 is 2.67 bits per heavy atom. The second kappa shape index (κ2) is 5.35. The largest absolute Gasteiger partial charge is 0.370 e. The van der Waals surface area contributed by atoms with Gasteiger partial charge in [0, 0.05) is 32.2 Å². The van der Waals surface area contributed by atoms with Crippen LogP contribution in [0.5, 0.6) is 0 Å². The molecule has 1 fully saturated rings. The van der Waals surface area contributed by atoms with Crippen molar-refractivity contribution in [2.45, 2.75) is 26.8 Å². The summed E-state index contributed by atoms with van der Waals surface area (Å²) in [6.07, 6.45) is 0. The number of aliphatic imine (C=N–C) groups is 1. The van der Waals surface area contributed by atoms with Crippen molar-refractivity contribution in [1.29, 1.82) is 0 Å². The molecular weight excluding hydrogens is 188 g/mol. The lowest BCUT2D eigenvalue weighted by atomic mass is 10.2. The molecule has 0 amide bonds. The zero-order valence-corrected chi connectivity index (χ0v) is 10.4. The van der Waals surface area contributed by atoms with Crippen LogP contribution in [0.15, 0.2) is 4.99 Å². The van der Waals surface area contributed by atoms with E-state index in [2.05, 4.69) is 42.6 Å². The fourth-order valence-corrected chi connectivity index (χ4v) is 1.85. The monoisotopic (exact) mass is 212 g/mol. The summed E-state index contributed by atoms with van der Waals surface area (Å²) in [4.78, 5) is 8.97. The van der Waals surface area contributed by atoms with Crippen LogP contribution in [-0.2, 0) is 0 Å². The molecular formula is C11H24N4. The van der Waals surface area contributed by atoms with Crippen LogP contribution in [0, 0.1) is 5.92 Å². The number of piperazine rings is 1. The average Bonchev–Trinajstić information content (AvgIpc) is 2.14. The van der Waals surface area contributed by atoms with Crippen LogP contribution in [-0.4, -0.2) is 55.0 Å². The van der Waals surface area contributed by atoms with Gasteiger partial charge >= 0.3 is 0 Å². The SMILES string of the molecule is CC(C)CN=C(N)N1CCN(C)CC1C. The van der Waals surface area contributed by atoms with Crippen LogP contribution in [0.1, 0.15) is 20.8 Å². The highest BCUT2D eigenvalue weighted by Crippen LogP contribution is 2.07. The van der Waals surface area contributed by atoms with Crippen molar-refractivity contribution >= 4 is 5.96 Å². The molecule has 1 heterocycles. The van der Waals surface area contributed by atoms with E-state index in [1.165, 1.54) is 0 Å². The zero-order valence-electron chi connectivity index (χ0n) is 10.4. The van der Waals surface area contributed by atoms with Crippen LogP contribution < -0.4 is 5.73 Å². The van der Waals surface area contributed by atoms with Crippen LogP contribution in [0.25, 0.3) is 0 Å². The Hall–Kier alpha value is -0.770. The summed E-state index contributed by atoms with van der Waals surface area (Å²) >= 11 is 0. The minimum atomic E-state index is 0.472. The fraction of sp³-hybridized carbons (Fsp3) is 0.909. The second-order valence-electron chi connectivity index (χ2n) is 4.90. The summed E-state index contributed by atoms with van der Waals surface area (Å²) in [7, 11) is 2.15. The molecule has 1 aliphatic heterocycles. The van der Waals surface area contributed by atoms with E-state index in [-0.39, 0.29) is 0 Å². The highest BCUT2D eigenvalue weighted by Gasteiger charge is 2.22. The van der Waals surface area contributed by atoms with Crippen molar-refractivity contribution in [3.63, 3.8) is 0 Å². The number of likely N-dealkylation sites (N-methyl/N-ethyl adjacent to an activating group) is 1. The first-order valence-corrected chi connectivity index (χ1v) is 5.75. The second-order valence-corrected chi connectivity index (χ2v) is 4.90. The first kappa shape index (κ1) is 12.3. The summed E-state index contributed by atoms with van der Waals surface area (Å²) in [6, 6.07) is 0.472. The van der Waals surface area contributed by atoms with Gasteiger partial charge in [-0.1, -0.05) is 13.8 Å². The highest BCUT2D eigenvalue weighted by molar-refractivity contribution is 5.78. The molecule has 0 radical (unpaired) electrons. The number of guanidine groups is 1. The molecule has 0 aromatic carbocycles. The lowest BCUT2D eigenvalue weighted by Crippen LogP contribution is -2.55. The molecule has 1 rings (SSSR count). The first-order valence-electron chi connectivity index (χ1n) is 5.75. The summed E-state index contributed by atoms with van der Waals surface area (Å²) in [5.74, 6) is 1.29. The minimum absolute atomic E-state index is 0.472. The number of nitrogens with two attached hydrogens (primary N) is 1. The van der Waals surface area contributed by atoms with Gasteiger partial charge in [0.1, 0.15) is 0 Å². The van der Waals surface area contributed by atoms with Crippen molar-refractivity contribution in [2.24, 2.45) is 16.6 Å². The van der Waals surface area contributed by atoms with Crippen LogP contribution in [0.4, 0.5) is 0 Å². The molecule has 1 unspecified atom stereocenters. The predicted octanol–water partition coefficient (Wildman–Crippen LogP) is 0.593. The van der Waals surface area contributed by atoms with Gasteiger partial charge in [0.15, 0.2) is 5.96 Å². The van der Waals surface area contributed by atoms with Gasteiger partial charge < -0.3 is 15.5 Å². The first-order chi connectivity index (χ1) is 7.00. The van der Waals surface area contributed by atoms with Gasteiger partial charge in [-0.25, -0.2) is 0 Å². The van der Waals surface area contributed by atoms with Crippen molar-refractivity contribution in [3.05, 3.63) is 0 Å². The number of rotatable bonds is 2. The van der Waals surface area contributed by atoms with E-state index in [1.54, 1.807) is 0 Å². The van der Waals surface area contributed by atoms with Gasteiger partial charge in [-0.05, 0) is 19.9 Å². The quantitative estimate of drug-likeness (QED) is 0.538. The smallest absolute Gasteiger partial charge is 0.191 e. The van der Waals surface area contributed by atoms with E-state index >= 15 is 0 Å². The molecule has 4 nitrogen and oxygen atoms in total. The molecule has 15 heavy (non-hydrogen) atoms. The molecule has 88 valence electrons. The molecule has 0 aromatic rings. The van der Waals surface area contributed by atoms with Crippen LogP contribution in [0.3, 0.4) is 0 Å². The van der Waals surface area contributed by atoms with Gasteiger partial charge in [0.2, 0.25) is 0 Å². The van der Waals surface area contributed by atoms with E-state index in [1.807, 2.05) is 0 Å². The molecule has 2 N–H and O–H groups in total. The Morgan fingerprint density at radius 2 is 2.13 bits per heavy atom. The number of nitrogens with zero attached hydrogens (tertiary/aromatic N) is 3. The predicted molar refractivity (Wildman–Crippen MR) is 65.0 cm³/mol. The lowest BCUT2D eigenvalue weighted by molar-refractivity contribution is 0.160. The third-order valence-corrected chi connectivity index (χ3v) is 2.74. The Kier molecular flexibility index (Phi) is 4.39. The van der Waals surface area contributed by atoms with Gasteiger partial charge in [0.05, 0.1) is 0 Å². The maximum absolute atomic E-state index is 5.99. The molecule has 4 heteroatoms. The Morgan fingerprint density at radius 1 is 1.47 bits per heavy atom. The number of hydrogen-bond acceptors (Lipinski definition) is 2. The fourth-order valence-electron chi connectivity index (χ4n) is 1.85. The topological polar surface area (TPSA) is 44.9 Å². The minimum Gasteiger partial charge on any atom is -0.370 e. The van der Waals surface area contributed by atoms with Crippen LogP contribution in [0.2, 0.25) is 0 Å². The average molecular weight is 212 g/mol. The molecule has 0 aromatic heterocycles. The van der Waals surface area contributed by atoms with Crippen molar-refractivity contribution in [1.82, 2.24) is 9.80 Å². The summed E-state index contributed by atoms with van der Waals surface area (Å²) in [5, 5.41) is 0. The highest BCUT2D eigenvalue weighted by atomic mass is 15.3. The van der Waals surface area contributed by atoms with E-state index < -0.39 is 0 Å².